The van der Waals surface area contributed by atoms with E-state index in [1.54, 1.807) is 0 Å². The van der Waals surface area contributed by atoms with Crippen LogP contribution < -0.4 is 10.6 Å². The minimum Gasteiger partial charge on any atom is -0.381 e. The second kappa shape index (κ2) is 8.97. The van der Waals surface area contributed by atoms with E-state index < -0.39 is 5.41 Å². The lowest BCUT2D eigenvalue weighted by atomic mass is 9.76. The summed E-state index contributed by atoms with van der Waals surface area (Å²) in [7, 11) is 4.09. The second-order valence-electron chi connectivity index (χ2n) is 7.93. The van der Waals surface area contributed by atoms with E-state index >= 15 is 0 Å². The average molecular weight is 364 g/mol. The highest BCUT2D eigenvalue weighted by molar-refractivity contribution is 5.83. The maximum Gasteiger partial charge on any atom is 0.227 e. The summed E-state index contributed by atoms with van der Waals surface area (Å²) in [6.07, 6.45) is 4.42. The molecule has 7 nitrogen and oxygen atoms in total. The summed E-state index contributed by atoms with van der Waals surface area (Å²) in [6, 6.07) is 2.02. The normalized spacial score (nSPS) is 26.3. The van der Waals surface area contributed by atoms with Gasteiger partial charge in [0.05, 0.1) is 17.7 Å². The lowest BCUT2D eigenvalue weighted by molar-refractivity contribution is -0.132. The van der Waals surface area contributed by atoms with Crippen LogP contribution in [-0.2, 0) is 16.0 Å². The Hall–Kier alpha value is -1.44. The first kappa shape index (κ1) is 19.3. The van der Waals surface area contributed by atoms with Gasteiger partial charge >= 0.3 is 0 Å². The van der Waals surface area contributed by atoms with Crippen molar-refractivity contribution in [1.82, 2.24) is 20.7 Å². The molecule has 0 radical (unpaired) electrons. The number of nitrogens with zero attached hydrogens (tertiary/aromatic N) is 2. The minimum atomic E-state index is -0.445. The SMILES string of the molecule is CN(C)CCCNC(=O)[C@@]1(Cc2cc([C@@H]3CCOC3)no2)CCCNC1. The van der Waals surface area contributed by atoms with Crippen LogP contribution in [0.4, 0.5) is 0 Å². The van der Waals surface area contributed by atoms with E-state index in [-0.39, 0.29) is 5.91 Å². The molecule has 0 spiro atoms. The van der Waals surface area contributed by atoms with Crippen molar-refractivity contribution in [2.24, 2.45) is 5.41 Å². The number of hydrogen-bond acceptors (Lipinski definition) is 6. The van der Waals surface area contributed by atoms with Crippen molar-refractivity contribution in [2.45, 2.75) is 38.0 Å². The molecule has 7 heteroatoms. The van der Waals surface area contributed by atoms with Gasteiger partial charge in [-0.2, -0.15) is 0 Å². The third-order valence-corrected chi connectivity index (χ3v) is 5.46. The van der Waals surface area contributed by atoms with Gasteiger partial charge in [-0.3, -0.25) is 4.79 Å². The van der Waals surface area contributed by atoms with Crippen LogP contribution in [-0.4, -0.2) is 69.5 Å². The molecule has 0 bridgehead atoms. The fourth-order valence-electron chi connectivity index (χ4n) is 3.88. The summed E-state index contributed by atoms with van der Waals surface area (Å²) < 4.78 is 11.0. The van der Waals surface area contributed by atoms with Gasteiger partial charge in [0.25, 0.3) is 0 Å². The summed E-state index contributed by atoms with van der Waals surface area (Å²) in [5.74, 6) is 1.26. The van der Waals surface area contributed by atoms with Crippen LogP contribution in [0.3, 0.4) is 0 Å². The molecule has 0 saturated carbocycles. The van der Waals surface area contributed by atoms with Crippen LogP contribution in [0, 0.1) is 5.41 Å². The molecule has 26 heavy (non-hydrogen) atoms. The molecule has 2 saturated heterocycles. The van der Waals surface area contributed by atoms with E-state index in [4.69, 9.17) is 9.26 Å². The molecule has 1 aromatic rings. The standard InChI is InChI=1S/C19H32N4O3/c1-23(2)9-4-8-21-18(24)19(6-3-7-20-14-19)12-16-11-17(22-26-16)15-5-10-25-13-15/h11,15,20H,3-10,12-14H2,1-2H3,(H,21,24)/t15-,19-/m1/s1. The number of rotatable bonds is 8. The van der Waals surface area contributed by atoms with Crippen LogP contribution in [0.25, 0.3) is 0 Å². The third kappa shape index (κ3) is 4.84. The molecule has 2 atom stereocenters. The predicted molar refractivity (Wildman–Crippen MR) is 99.1 cm³/mol. The van der Waals surface area contributed by atoms with Crippen LogP contribution in [0.15, 0.2) is 10.6 Å². The van der Waals surface area contributed by atoms with E-state index in [1.807, 2.05) is 20.2 Å². The largest absolute Gasteiger partial charge is 0.381 e. The van der Waals surface area contributed by atoms with Crippen LogP contribution >= 0.6 is 0 Å². The summed E-state index contributed by atoms with van der Waals surface area (Å²) in [5, 5.41) is 10.8. The highest BCUT2D eigenvalue weighted by Crippen LogP contribution is 2.33. The third-order valence-electron chi connectivity index (χ3n) is 5.46. The average Bonchev–Trinajstić information content (AvgIpc) is 3.30. The first-order valence-corrected chi connectivity index (χ1v) is 9.76. The van der Waals surface area contributed by atoms with Gasteiger partial charge in [-0.25, -0.2) is 0 Å². The van der Waals surface area contributed by atoms with E-state index in [0.29, 0.717) is 32.0 Å². The zero-order valence-electron chi connectivity index (χ0n) is 16.1. The van der Waals surface area contributed by atoms with Gasteiger partial charge in [0, 0.05) is 38.1 Å². The fourth-order valence-corrected chi connectivity index (χ4v) is 3.88. The number of aromatic nitrogens is 1. The van der Waals surface area contributed by atoms with E-state index in [2.05, 4.69) is 20.7 Å². The Balaban J connectivity index is 1.62. The van der Waals surface area contributed by atoms with Crippen LogP contribution in [0.2, 0.25) is 0 Å². The monoisotopic (exact) mass is 364 g/mol. The molecule has 2 fully saturated rings. The Bertz CT molecular complexity index is 575. The van der Waals surface area contributed by atoms with Crippen LogP contribution in [0.5, 0.6) is 0 Å². The Labute approximate surface area is 155 Å². The number of hydrogen-bond donors (Lipinski definition) is 2. The highest BCUT2D eigenvalue weighted by Gasteiger charge is 2.40. The maximum absolute atomic E-state index is 13.0. The molecule has 2 aliphatic rings. The van der Waals surface area contributed by atoms with Gasteiger partial charge < -0.3 is 24.8 Å². The van der Waals surface area contributed by atoms with Crippen molar-refractivity contribution in [2.75, 3.05) is 53.5 Å². The molecule has 1 amide bonds. The summed E-state index contributed by atoms with van der Waals surface area (Å²) in [5.41, 5.74) is 0.516. The Morgan fingerprint density at radius 3 is 3.08 bits per heavy atom. The molecule has 3 heterocycles. The van der Waals surface area contributed by atoms with E-state index in [1.165, 1.54) is 0 Å². The number of ether oxygens (including phenoxy) is 1. The van der Waals surface area contributed by atoms with Gasteiger partial charge in [-0.1, -0.05) is 5.16 Å². The minimum absolute atomic E-state index is 0.130. The molecule has 2 N–H and O–H groups in total. The van der Waals surface area contributed by atoms with Gasteiger partial charge in [0.15, 0.2) is 0 Å². The Kier molecular flexibility index (Phi) is 6.67. The molecule has 0 unspecified atom stereocenters. The molecular formula is C19H32N4O3. The predicted octanol–water partition coefficient (Wildman–Crippen LogP) is 1.16. The smallest absolute Gasteiger partial charge is 0.227 e. The van der Waals surface area contributed by atoms with Crippen LogP contribution in [0.1, 0.15) is 43.1 Å². The number of carbonyl (C=O) groups is 1. The topological polar surface area (TPSA) is 79.6 Å². The number of carbonyl (C=O) groups excluding carboxylic acids is 1. The van der Waals surface area contributed by atoms with Gasteiger partial charge in [0.2, 0.25) is 5.91 Å². The molecule has 146 valence electrons. The molecular weight excluding hydrogens is 332 g/mol. The second-order valence-corrected chi connectivity index (χ2v) is 7.93. The molecule has 2 aliphatic heterocycles. The maximum atomic E-state index is 13.0. The zero-order chi connectivity index (χ0) is 18.4. The first-order chi connectivity index (χ1) is 12.6. The number of amides is 1. The lowest BCUT2D eigenvalue weighted by Crippen LogP contribution is -2.52. The molecule has 3 rings (SSSR count). The fraction of sp³-hybridized carbons (Fsp3) is 0.789. The molecule has 1 aromatic heterocycles. The van der Waals surface area contributed by atoms with Crippen molar-refractivity contribution in [3.05, 3.63) is 17.5 Å². The van der Waals surface area contributed by atoms with Gasteiger partial charge in [-0.15, -0.1) is 0 Å². The van der Waals surface area contributed by atoms with Gasteiger partial charge in [-0.05, 0) is 52.9 Å². The highest BCUT2D eigenvalue weighted by atomic mass is 16.5. The quantitative estimate of drug-likeness (QED) is 0.674. The van der Waals surface area contributed by atoms with E-state index in [0.717, 1.165) is 56.8 Å². The molecule has 0 aromatic carbocycles. The van der Waals surface area contributed by atoms with Crippen molar-refractivity contribution >= 4 is 5.91 Å². The van der Waals surface area contributed by atoms with Crippen molar-refractivity contribution in [3.63, 3.8) is 0 Å². The van der Waals surface area contributed by atoms with Crippen molar-refractivity contribution in [3.8, 4) is 0 Å². The van der Waals surface area contributed by atoms with Crippen molar-refractivity contribution in [1.29, 1.82) is 0 Å². The van der Waals surface area contributed by atoms with E-state index in [9.17, 15) is 4.79 Å². The number of piperidine rings is 1. The van der Waals surface area contributed by atoms with Crippen molar-refractivity contribution < 1.29 is 14.1 Å². The zero-order valence-corrected chi connectivity index (χ0v) is 16.1. The lowest BCUT2D eigenvalue weighted by Gasteiger charge is -2.35. The van der Waals surface area contributed by atoms with Gasteiger partial charge in [0.1, 0.15) is 5.76 Å². The summed E-state index contributed by atoms with van der Waals surface area (Å²) in [6.45, 7) is 4.84. The molecule has 0 aliphatic carbocycles. The Morgan fingerprint density at radius 2 is 2.38 bits per heavy atom. The summed E-state index contributed by atoms with van der Waals surface area (Å²) in [4.78, 5) is 15.1. The Morgan fingerprint density at radius 1 is 1.50 bits per heavy atom. The number of nitrogens with one attached hydrogen (secondary N) is 2. The first-order valence-electron chi connectivity index (χ1n) is 9.76. The summed E-state index contributed by atoms with van der Waals surface area (Å²) >= 11 is 0.